The minimum Gasteiger partial charge on any atom is -0.453 e. The van der Waals surface area contributed by atoms with Crippen molar-refractivity contribution in [3.8, 4) is 39.6 Å². The zero-order valence-electron chi connectivity index (χ0n) is 37.7. The highest BCUT2D eigenvalue weighted by Gasteiger charge is 2.39. The number of nitriles is 1. The van der Waals surface area contributed by atoms with E-state index in [1.165, 1.54) is 24.7 Å². The van der Waals surface area contributed by atoms with Crippen LogP contribution in [0.2, 0.25) is 0 Å². The number of rotatable bonds is 12. The van der Waals surface area contributed by atoms with Crippen molar-refractivity contribution in [2.45, 2.75) is 69.6 Å². The third-order valence-electron chi connectivity index (χ3n) is 13.4. The number of likely N-dealkylation sites (tertiary alicyclic amines) is 1. The Morgan fingerprint density at radius 3 is 2.25 bits per heavy atom. The zero-order chi connectivity index (χ0) is 46.6. The molecule has 16 nitrogen and oxygen atoms in total. The number of ether oxygens (including phenoxy) is 3. The van der Waals surface area contributed by atoms with Crippen LogP contribution in [0.3, 0.4) is 0 Å². The molecule has 1 unspecified atom stereocenters. The number of aromatic nitrogens is 4. The number of imidazole rings is 2. The van der Waals surface area contributed by atoms with Gasteiger partial charge in [0, 0.05) is 25.3 Å². The van der Waals surface area contributed by atoms with Gasteiger partial charge < -0.3 is 44.6 Å². The van der Waals surface area contributed by atoms with Crippen LogP contribution >= 0.6 is 0 Å². The number of benzene rings is 4. The highest BCUT2D eigenvalue weighted by atomic mass is 16.5. The van der Waals surface area contributed by atoms with Crippen molar-refractivity contribution in [1.82, 2.24) is 40.4 Å². The van der Waals surface area contributed by atoms with Gasteiger partial charge in [-0.05, 0) is 96.9 Å². The van der Waals surface area contributed by atoms with Gasteiger partial charge in [-0.15, -0.1) is 0 Å². The van der Waals surface area contributed by atoms with Crippen molar-refractivity contribution >= 4 is 35.0 Å². The summed E-state index contributed by atoms with van der Waals surface area (Å²) in [6.07, 6.45) is 2.99. The summed E-state index contributed by atoms with van der Waals surface area (Å²) < 4.78 is 15.2. The van der Waals surface area contributed by atoms with E-state index in [0.29, 0.717) is 44.0 Å². The molecule has 2 saturated heterocycles. The lowest BCUT2D eigenvalue weighted by Crippen LogP contribution is -2.54. The Kier molecular flexibility index (Phi) is 13.0. The van der Waals surface area contributed by atoms with Gasteiger partial charge in [-0.25, -0.2) is 19.6 Å². The summed E-state index contributed by atoms with van der Waals surface area (Å²) in [7, 11) is 2.54. The van der Waals surface area contributed by atoms with Crippen molar-refractivity contribution in [1.29, 1.82) is 5.26 Å². The van der Waals surface area contributed by atoms with Crippen molar-refractivity contribution in [3.05, 3.63) is 119 Å². The number of nitrogens with one attached hydrogen (secondary N) is 4. The molecule has 4 heterocycles. The number of alkyl carbamates (subject to hydrolysis) is 2. The number of fused-ring (bicyclic) bond motifs is 4. The molecule has 4 amide bonds. The van der Waals surface area contributed by atoms with Gasteiger partial charge in [-0.2, -0.15) is 5.26 Å². The van der Waals surface area contributed by atoms with E-state index in [1.807, 2.05) is 60.4 Å². The average molecular weight is 904 g/mol. The molecule has 4 aromatic carbocycles. The van der Waals surface area contributed by atoms with Gasteiger partial charge in [0.1, 0.15) is 30.3 Å². The summed E-state index contributed by atoms with van der Waals surface area (Å²) in [4.78, 5) is 73.0. The number of carbonyl (C=O) groups is 4. The van der Waals surface area contributed by atoms with Crippen LogP contribution in [-0.2, 0) is 36.6 Å². The summed E-state index contributed by atoms with van der Waals surface area (Å²) in [5.41, 5.74) is 10.7. The van der Waals surface area contributed by atoms with Crippen LogP contribution in [0.1, 0.15) is 79.2 Å². The lowest BCUT2D eigenvalue weighted by Gasteiger charge is -2.34. The Labute approximate surface area is 388 Å². The number of amides is 4. The summed E-state index contributed by atoms with van der Waals surface area (Å²) in [5, 5.41) is 15.2. The van der Waals surface area contributed by atoms with Crippen LogP contribution in [0, 0.1) is 17.2 Å². The first kappa shape index (κ1) is 44.7. The molecule has 0 spiro atoms. The minimum atomic E-state index is -0.885. The molecule has 0 radical (unpaired) electrons. The summed E-state index contributed by atoms with van der Waals surface area (Å²) >= 11 is 0. The van der Waals surface area contributed by atoms with Gasteiger partial charge in [0.05, 0.1) is 54.8 Å². The van der Waals surface area contributed by atoms with Gasteiger partial charge in [0.15, 0.2) is 0 Å². The molecule has 67 heavy (non-hydrogen) atoms. The number of hydrogen-bond acceptors (Lipinski definition) is 10. The molecular formula is C51H53N9O7. The predicted molar refractivity (Wildman–Crippen MR) is 249 cm³/mol. The molecule has 3 aliphatic rings. The van der Waals surface area contributed by atoms with Crippen LogP contribution in [0.4, 0.5) is 9.59 Å². The topological polar surface area (TPSA) is 208 Å². The average Bonchev–Trinajstić information content (AvgIpc) is 4.15. The second-order valence-electron chi connectivity index (χ2n) is 17.3. The minimum absolute atomic E-state index is 0.167. The van der Waals surface area contributed by atoms with E-state index >= 15 is 0 Å². The molecule has 9 rings (SSSR count). The Bertz CT molecular complexity index is 2830. The first-order chi connectivity index (χ1) is 32.6. The molecule has 0 bridgehead atoms. The molecule has 2 aliphatic heterocycles. The van der Waals surface area contributed by atoms with Crippen LogP contribution in [0.15, 0.2) is 91.0 Å². The molecule has 4 N–H and O–H groups in total. The Hall–Kier alpha value is -7.51. The monoisotopic (exact) mass is 903 g/mol. The van der Waals surface area contributed by atoms with Gasteiger partial charge in [-0.1, -0.05) is 78.9 Å². The van der Waals surface area contributed by atoms with Crippen molar-refractivity contribution in [3.63, 3.8) is 0 Å². The van der Waals surface area contributed by atoms with Crippen molar-refractivity contribution in [2.75, 3.05) is 40.5 Å². The molecule has 0 saturated carbocycles. The van der Waals surface area contributed by atoms with E-state index in [1.54, 1.807) is 0 Å². The lowest BCUT2D eigenvalue weighted by molar-refractivity contribution is -0.137. The van der Waals surface area contributed by atoms with Gasteiger partial charge in [0.2, 0.25) is 5.91 Å². The smallest absolute Gasteiger partial charge is 0.407 e. The quantitative estimate of drug-likeness (QED) is 0.0880. The largest absolute Gasteiger partial charge is 0.453 e. The number of nitrogens with zero attached hydrogens (tertiary/aromatic N) is 5. The SMILES string of the molecule is COC(=O)NC(C(=O)N(CC#N)[C@@H](C)c1nc2ccc(-c3ccc(-c4ccc5c(c4)CCc4nc([C@@H]6CCCN6C(=O)[C@H](NC(=O)OC)c6ccccc6)[nH]c4-5)cc3)cc2[nH]1)C1CCOCC1. The Morgan fingerprint density at radius 2 is 1.54 bits per heavy atom. The van der Waals surface area contributed by atoms with E-state index in [-0.39, 0.29) is 30.3 Å². The number of aryl methyl sites for hydroxylation is 2. The van der Waals surface area contributed by atoms with Crippen LogP contribution in [0.25, 0.3) is 44.5 Å². The molecule has 344 valence electrons. The molecular weight excluding hydrogens is 851 g/mol. The summed E-state index contributed by atoms with van der Waals surface area (Å²) in [6.45, 7) is 3.15. The fourth-order valence-electron chi connectivity index (χ4n) is 9.74. The van der Waals surface area contributed by atoms with Crippen LogP contribution in [0.5, 0.6) is 0 Å². The maximum Gasteiger partial charge on any atom is 0.407 e. The fraction of sp³-hybridized carbons (Fsp3) is 0.353. The predicted octanol–water partition coefficient (Wildman–Crippen LogP) is 7.71. The number of aromatic amines is 2. The second-order valence-corrected chi connectivity index (χ2v) is 17.3. The number of hydrogen-bond donors (Lipinski definition) is 4. The van der Waals surface area contributed by atoms with Crippen LogP contribution < -0.4 is 10.6 Å². The normalized spacial score (nSPS) is 17.0. The van der Waals surface area contributed by atoms with Crippen LogP contribution in [-0.4, -0.2) is 100 Å². The highest BCUT2D eigenvalue weighted by Crippen LogP contribution is 2.40. The standard InChI is InChI=1S/C51H53N9O7/c1-30(59(25-23-52)48(61)44(58-51(64)66-3)34-21-26-67-27-22-34)46-53-39-19-16-36(29-41(39)55-46)32-13-11-31(12-14-32)35-15-18-38-37(28-35)17-20-40-45(38)56-47(54-40)42-10-7-24-60(42)49(62)43(57-50(63)65-2)33-8-5-4-6-9-33/h4-6,8-9,11-16,18-19,28-30,34,42-44H,7,10,17,20-22,24-27H2,1-3H3,(H,53,55)(H,54,56)(H,57,63)(H,58,64)/t30-,42-,43+,44?/m0/s1. The van der Waals surface area contributed by atoms with Gasteiger partial charge in [0.25, 0.3) is 5.91 Å². The van der Waals surface area contributed by atoms with E-state index in [2.05, 4.69) is 69.1 Å². The van der Waals surface area contributed by atoms with Crippen molar-refractivity contribution in [2.24, 2.45) is 5.92 Å². The molecule has 2 aromatic heterocycles. The molecule has 4 atom stereocenters. The first-order valence-corrected chi connectivity index (χ1v) is 22.8. The van der Waals surface area contributed by atoms with E-state index < -0.39 is 30.3 Å². The number of methoxy groups -OCH3 is 2. The summed E-state index contributed by atoms with van der Waals surface area (Å²) in [6, 6.07) is 29.7. The maximum absolute atomic E-state index is 14.1. The fourth-order valence-corrected chi connectivity index (χ4v) is 9.74. The lowest BCUT2D eigenvalue weighted by atomic mass is 9.89. The molecule has 2 fully saturated rings. The molecule has 16 heteroatoms. The maximum atomic E-state index is 14.1. The molecule has 1 aliphatic carbocycles. The Balaban J connectivity index is 0.900. The highest BCUT2D eigenvalue weighted by molar-refractivity contribution is 5.88. The molecule has 6 aromatic rings. The van der Waals surface area contributed by atoms with E-state index in [9.17, 15) is 24.4 Å². The van der Waals surface area contributed by atoms with E-state index in [0.717, 1.165) is 81.7 Å². The van der Waals surface area contributed by atoms with Gasteiger partial charge in [-0.3, -0.25) is 9.59 Å². The number of carbonyl (C=O) groups excluding carboxylic acids is 4. The van der Waals surface area contributed by atoms with Gasteiger partial charge >= 0.3 is 12.2 Å². The first-order valence-electron chi connectivity index (χ1n) is 22.8. The number of H-pyrrole nitrogens is 2. The van der Waals surface area contributed by atoms with E-state index in [4.69, 9.17) is 24.2 Å². The third-order valence-corrected chi connectivity index (χ3v) is 13.4. The van der Waals surface area contributed by atoms with Crippen molar-refractivity contribution < 1.29 is 33.4 Å². The zero-order valence-corrected chi connectivity index (χ0v) is 37.7. The third kappa shape index (κ3) is 9.19. The second kappa shape index (κ2) is 19.5. The summed E-state index contributed by atoms with van der Waals surface area (Å²) in [5.74, 6) is 0.538. The Morgan fingerprint density at radius 1 is 0.851 bits per heavy atom.